The van der Waals surface area contributed by atoms with Crippen molar-refractivity contribution in [2.24, 2.45) is 11.8 Å². The van der Waals surface area contributed by atoms with Gasteiger partial charge >= 0.3 is 0 Å². The minimum absolute atomic E-state index is 0.0203. The summed E-state index contributed by atoms with van der Waals surface area (Å²) in [4.78, 5) is 44.1. The van der Waals surface area contributed by atoms with Crippen LogP contribution in [0.3, 0.4) is 0 Å². The van der Waals surface area contributed by atoms with E-state index in [-0.39, 0.29) is 41.4 Å². The monoisotopic (exact) mass is 614 g/mol. The van der Waals surface area contributed by atoms with E-state index in [1.165, 1.54) is 0 Å². The molecule has 45 heavy (non-hydrogen) atoms. The maximum atomic E-state index is 13.9. The molecule has 3 aliphatic rings. The molecule has 238 valence electrons. The Hall–Kier alpha value is -4.34. The van der Waals surface area contributed by atoms with Crippen LogP contribution in [0, 0.1) is 11.8 Å². The highest BCUT2D eigenvalue weighted by molar-refractivity contribution is 5.92. The third-order valence-electron chi connectivity index (χ3n) is 9.46. The van der Waals surface area contributed by atoms with Crippen LogP contribution in [0.2, 0.25) is 0 Å². The molecule has 10 nitrogen and oxygen atoms in total. The molecule has 6 rings (SSSR count). The predicted molar refractivity (Wildman–Crippen MR) is 168 cm³/mol. The number of likely N-dealkylation sites (tertiary alicyclic amines) is 1. The lowest BCUT2D eigenvalue weighted by atomic mass is 9.77. The van der Waals surface area contributed by atoms with Gasteiger partial charge in [-0.25, -0.2) is 0 Å². The summed E-state index contributed by atoms with van der Waals surface area (Å²) in [6, 6.07) is 15.4. The van der Waals surface area contributed by atoms with Gasteiger partial charge in [0.15, 0.2) is 11.5 Å². The second-order valence-electron chi connectivity index (χ2n) is 12.5. The van der Waals surface area contributed by atoms with Crippen LogP contribution in [0.4, 0.5) is 0 Å². The number of methoxy groups -OCH3 is 2. The Morgan fingerprint density at radius 2 is 1.80 bits per heavy atom. The maximum absolute atomic E-state index is 13.9. The number of benzene rings is 2. The fourth-order valence-corrected chi connectivity index (χ4v) is 7.34. The number of aryl methyl sites for hydroxylation is 2. The van der Waals surface area contributed by atoms with Crippen molar-refractivity contribution < 1.29 is 28.4 Å². The lowest BCUT2D eigenvalue weighted by molar-refractivity contribution is -0.140. The zero-order valence-electron chi connectivity index (χ0n) is 26.1. The Bertz CT molecular complexity index is 1520. The number of aromatic nitrogens is 1. The molecule has 0 saturated carbocycles. The molecule has 4 bridgehead atoms. The number of piperidine rings is 2. The molecule has 1 aromatic heterocycles. The van der Waals surface area contributed by atoms with Crippen molar-refractivity contribution in [3.8, 4) is 22.8 Å². The Morgan fingerprint density at radius 3 is 2.60 bits per heavy atom. The summed E-state index contributed by atoms with van der Waals surface area (Å²) < 4.78 is 16.8. The number of ether oxygens (including phenoxy) is 2. The molecule has 0 spiro atoms. The highest BCUT2D eigenvalue weighted by Crippen LogP contribution is 2.38. The number of carbonyl (C=O) groups is 3. The van der Waals surface area contributed by atoms with Gasteiger partial charge in [-0.2, -0.15) is 0 Å². The summed E-state index contributed by atoms with van der Waals surface area (Å²) in [5, 5.41) is 7.20. The Kier molecular flexibility index (Phi) is 9.37. The molecular formula is C35H42N4O6. The van der Waals surface area contributed by atoms with Gasteiger partial charge in [0, 0.05) is 56.7 Å². The van der Waals surface area contributed by atoms with Gasteiger partial charge in [0.1, 0.15) is 5.69 Å². The topological polar surface area (TPSA) is 114 Å². The van der Waals surface area contributed by atoms with E-state index in [1.54, 1.807) is 20.3 Å². The molecule has 2 fully saturated rings. The van der Waals surface area contributed by atoms with Gasteiger partial charge in [-0.3, -0.25) is 14.4 Å². The van der Waals surface area contributed by atoms with Gasteiger partial charge in [-0.15, -0.1) is 0 Å². The van der Waals surface area contributed by atoms with Crippen molar-refractivity contribution in [1.29, 1.82) is 0 Å². The van der Waals surface area contributed by atoms with Gasteiger partial charge in [-0.05, 0) is 67.6 Å². The summed E-state index contributed by atoms with van der Waals surface area (Å²) in [6.45, 7) is 2.28. The highest BCUT2D eigenvalue weighted by Gasteiger charge is 2.44. The van der Waals surface area contributed by atoms with E-state index in [4.69, 9.17) is 14.0 Å². The van der Waals surface area contributed by atoms with Gasteiger partial charge in [0.25, 0.3) is 5.91 Å². The average molecular weight is 615 g/mol. The van der Waals surface area contributed by atoms with Crippen LogP contribution in [0.15, 0.2) is 53.1 Å². The van der Waals surface area contributed by atoms with Crippen LogP contribution in [-0.2, 0) is 22.4 Å². The van der Waals surface area contributed by atoms with Gasteiger partial charge < -0.3 is 29.1 Å². The second-order valence-corrected chi connectivity index (χ2v) is 12.5. The normalized spacial score (nSPS) is 22.8. The summed E-state index contributed by atoms with van der Waals surface area (Å²) in [5.41, 5.74) is 3.56. The van der Waals surface area contributed by atoms with Crippen molar-refractivity contribution in [2.75, 3.05) is 40.4 Å². The molecular weight excluding hydrogens is 572 g/mol. The quantitative estimate of drug-likeness (QED) is 0.460. The van der Waals surface area contributed by atoms with Crippen LogP contribution >= 0.6 is 0 Å². The zero-order valence-corrected chi connectivity index (χ0v) is 26.1. The van der Waals surface area contributed by atoms with Crippen LogP contribution in [0.5, 0.6) is 11.5 Å². The first-order valence-corrected chi connectivity index (χ1v) is 16.0. The summed E-state index contributed by atoms with van der Waals surface area (Å²) in [7, 11) is 3.26. The molecule has 3 atom stereocenters. The van der Waals surface area contributed by atoms with E-state index in [9.17, 15) is 14.4 Å². The number of fused-ring (bicyclic) bond motifs is 6. The number of nitrogens with zero attached hydrogens (tertiary/aromatic N) is 3. The minimum Gasteiger partial charge on any atom is -0.493 e. The van der Waals surface area contributed by atoms with E-state index >= 15 is 0 Å². The molecule has 0 unspecified atom stereocenters. The molecule has 3 aliphatic heterocycles. The number of rotatable bonds is 4. The molecule has 3 amide bonds. The maximum Gasteiger partial charge on any atom is 0.292 e. The number of hydrogen-bond acceptors (Lipinski definition) is 7. The Balaban J connectivity index is 1.20. The van der Waals surface area contributed by atoms with E-state index < -0.39 is 0 Å². The lowest BCUT2D eigenvalue weighted by Gasteiger charge is -2.50. The first kappa shape index (κ1) is 30.7. The molecule has 2 aromatic carbocycles. The third-order valence-corrected chi connectivity index (χ3v) is 9.46. The SMILES string of the molecule is COc1cc2cc(c1OC)CCCNC(=O)CCC[C@H]1[C@@H]3C[C@@H](CN(C(=O)c4cc(-c5ccccc5)no4)C3)CN1C(=O)CC2. The number of carbonyl (C=O) groups excluding carboxylic acids is 3. The van der Waals surface area contributed by atoms with Crippen LogP contribution < -0.4 is 14.8 Å². The molecule has 2 saturated heterocycles. The molecule has 0 aliphatic carbocycles. The predicted octanol–water partition coefficient (Wildman–Crippen LogP) is 4.51. The highest BCUT2D eigenvalue weighted by atomic mass is 16.5. The van der Waals surface area contributed by atoms with E-state index in [0.29, 0.717) is 69.1 Å². The summed E-state index contributed by atoms with van der Waals surface area (Å²) in [6.07, 6.45) is 5.25. The third kappa shape index (κ3) is 6.84. The lowest BCUT2D eigenvalue weighted by Crippen LogP contribution is -2.60. The number of amides is 3. The van der Waals surface area contributed by atoms with Gasteiger partial charge in [-0.1, -0.05) is 41.6 Å². The van der Waals surface area contributed by atoms with E-state index in [2.05, 4.69) is 16.5 Å². The molecule has 3 aromatic rings. The molecule has 1 N–H and O–H groups in total. The first-order chi connectivity index (χ1) is 21.9. The van der Waals surface area contributed by atoms with Crippen LogP contribution in [-0.4, -0.2) is 79.1 Å². The van der Waals surface area contributed by atoms with Crippen molar-refractivity contribution >= 4 is 17.7 Å². The molecule has 4 heterocycles. The fourth-order valence-electron chi connectivity index (χ4n) is 7.34. The van der Waals surface area contributed by atoms with Crippen molar-refractivity contribution in [3.63, 3.8) is 0 Å². The minimum atomic E-state index is -0.170. The molecule has 10 heteroatoms. The van der Waals surface area contributed by atoms with E-state index in [1.807, 2.05) is 46.2 Å². The summed E-state index contributed by atoms with van der Waals surface area (Å²) >= 11 is 0. The Labute approximate surface area is 264 Å². The summed E-state index contributed by atoms with van der Waals surface area (Å²) in [5.74, 6) is 1.84. The van der Waals surface area contributed by atoms with Gasteiger partial charge in [0.05, 0.1) is 14.2 Å². The first-order valence-electron chi connectivity index (χ1n) is 16.0. The number of nitrogens with one attached hydrogen (secondary N) is 1. The van der Waals surface area contributed by atoms with Crippen molar-refractivity contribution in [3.05, 3.63) is 65.4 Å². The van der Waals surface area contributed by atoms with Crippen molar-refractivity contribution in [2.45, 2.75) is 57.4 Å². The Morgan fingerprint density at radius 1 is 0.956 bits per heavy atom. The fraction of sp³-hybridized carbons (Fsp3) is 0.486. The van der Waals surface area contributed by atoms with E-state index in [0.717, 1.165) is 42.4 Å². The van der Waals surface area contributed by atoms with Crippen LogP contribution in [0.1, 0.15) is 60.2 Å². The zero-order chi connectivity index (χ0) is 31.3. The van der Waals surface area contributed by atoms with Gasteiger partial charge in [0.2, 0.25) is 17.6 Å². The number of hydrogen-bond donors (Lipinski definition) is 1. The smallest absolute Gasteiger partial charge is 0.292 e. The standard InChI is InChI=1S/C35H42N4O6/c1-43-30-18-23-13-14-33(41)39-21-24-17-27(29(39)11-6-12-32(40)36-15-7-10-26(16-23)34(30)44-2)22-38(20-24)35(42)31-19-28(37-45-31)25-8-4-3-5-9-25/h3-5,8-9,16,18-19,24,27,29H,6-7,10-15,17,20-22H2,1-2H3,(H,36,40)/t24-,27+,29-/m0/s1. The van der Waals surface area contributed by atoms with Crippen LogP contribution in [0.25, 0.3) is 11.3 Å². The molecule has 0 radical (unpaired) electrons. The average Bonchev–Trinajstić information content (AvgIpc) is 3.56. The van der Waals surface area contributed by atoms with Crippen molar-refractivity contribution in [1.82, 2.24) is 20.3 Å². The second kappa shape index (κ2) is 13.7. The largest absolute Gasteiger partial charge is 0.493 e.